The van der Waals surface area contributed by atoms with Crippen LogP contribution in [0.2, 0.25) is 0 Å². The summed E-state index contributed by atoms with van der Waals surface area (Å²) in [4.78, 5) is 22.8. The van der Waals surface area contributed by atoms with E-state index in [0.717, 1.165) is 32.1 Å². The zero-order valence-electron chi connectivity index (χ0n) is 9.24. The molecule has 0 aliphatic heterocycles. The fourth-order valence-corrected chi connectivity index (χ4v) is 4.36. The van der Waals surface area contributed by atoms with Crippen molar-refractivity contribution in [3.8, 4) is 0 Å². The van der Waals surface area contributed by atoms with Crippen molar-refractivity contribution >= 4 is 11.9 Å². The van der Waals surface area contributed by atoms with Crippen LogP contribution in [0.1, 0.15) is 38.5 Å². The molecule has 4 unspecified atom stereocenters. The molecule has 0 aromatic heterocycles. The summed E-state index contributed by atoms with van der Waals surface area (Å²) in [5, 5.41) is 11.6. The van der Waals surface area contributed by atoms with Crippen LogP contribution in [0.5, 0.6) is 0 Å². The molecule has 4 aliphatic rings. The van der Waals surface area contributed by atoms with E-state index in [0.29, 0.717) is 24.0 Å². The van der Waals surface area contributed by atoms with E-state index in [2.05, 4.69) is 5.32 Å². The van der Waals surface area contributed by atoms with Crippen LogP contribution in [-0.2, 0) is 4.79 Å². The van der Waals surface area contributed by atoms with Crippen molar-refractivity contribution in [1.82, 2.24) is 5.32 Å². The Bertz CT molecular complexity index is 354. The predicted molar refractivity (Wildman–Crippen MR) is 57.1 cm³/mol. The van der Waals surface area contributed by atoms with Gasteiger partial charge < -0.3 is 10.4 Å². The molecule has 1 amide bonds. The number of nitrogens with one attached hydrogen (secondary N) is 1. The van der Waals surface area contributed by atoms with Gasteiger partial charge in [0.05, 0.1) is 0 Å². The second kappa shape index (κ2) is 3.22. The van der Waals surface area contributed by atoms with Gasteiger partial charge in [-0.3, -0.25) is 4.79 Å². The van der Waals surface area contributed by atoms with Crippen LogP contribution in [0.15, 0.2) is 0 Å². The SMILES string of the molecule is O=C(O)NC12CC3CC(=O)C(CC(C3)C1)C2. The molecular formula is C12H17NO3. The first-order chi connectivity index (χ1) is 7.56. The number of carboxylic acid groups (broad SMARTS) is 1. The van der Waals surface area contributed by atoms with Crippen LogP contribution in [0.25, 0.3) is 0 Å². The molecule has 0 radical (unpaired) electrons. The first-order valence-corrected chi connectivity index (χ1v) is 6.10. The molecule has 0 aromatic carbocycles. The molecule has 16 heavy (non-hydrogen) atoms. The number of amides is 1. The monoisotopic (exact) mass is 223 g/mol. The molecule has 4 bridgehead atoms. The first kappa shape index (κ1) is 10.1. The molecule has 4 fully saturated rings. The van der Waals surface area contributed by atoms with Gasteiger partial charge in [-0.25, -0.2) is 4.79 Å². The molecule has 4 atom stereocenters. The normalized spacial score (nSPS) is 45.5. The van der Waals surface area contributed by atoms with Crippen molar-refractivity contribution in [3.63, 3.8) is 0 Å². The van der Waals surface area contributed by atoms with Gasteiger partial charge in [0, 0.05) is 17.9 Å². The van der Waals surface area contributed by atoms with Gasteiger partial charge in [-0.1, -0.05) is 0 Å². The van der Waals surface area contributed by atoms with Crippen molar-refractivity contribution in [1.29, 1.82) is 0 Å². The van der Waals surface area contributed by atoms with E-state index in [1.54, 1.807) is 0 Å². The number of rotatable bonds is 1. The fraction of sp³-hybridized carbons (Fsp3) is 0.833. The number of carbonyl (C=O) groups is 2. The average molecular weight is 223 g/mol. The summed E-state index contributed by atoms with van der Waals surface area (Å²) in [5.74, 6) is 1.49. The molecular weight excluding hydrogens is 206 g/mol. The third-order valence-electron chi connectivity index (χ3n) is 4.60. The van der Waals surface area contributed by atoms with Crippen molar-refractivity contribution in [2.75, 3.05) is 0 Å². The quantitative estimate of drug-likeness (QED) is 0.712. The minimum Gasteiger partial charge on any atom is -0.465 e. The number of Topliss-reactive ketones (excluding diaryl/α,β-unsaturated/α-hetero) is 1. The predicted octanol–water partition coefficient (Wildman–Crippen LogP) is 1.79. The van der Waals surface area contributed by atoms with Crippen molar-refractivity contribution < 1.29 is 14.7 Å². The number of fused-ring (bicyclic) bond motifs is 1. The van der Waals surface area contributed by atoms with Gasteiger partial charge in [-0.05, 0) is 43.9 Å². The van der Waals surface area contributed by atoms with Gasteiger partial charge >= 0.3 is 6.09 Å². The van der Waals surface area contributed by atoms with Gasteiger partial charge in [0.15, 0.2) is 0 Å². The lowest BCUT2D eigenvalue weighted by atomic mass is 9.63. The second-order valence-corrected chi connectivity index (χ2v) is 5.89. The smallest absolute Gasteiger partial charge is 0.405 e. The van der Waals surface area contributed by atoms with E-state index in [1.807, 2.05) is 0 Å². The minimum atomic E-state index is -0.936. The third kappa shape index (κ3) is 1.51. The van der Waals surface area contributed by atoms with E-state index in [1.165, 1.54) is 0 Å². The van der Waals surface area contributed by atoms with Gasteiger partial charge in [-0.2, -0.15) is 0 Å². The van der Waals surface area contributed by atoms with Crippen LogP contribution in [0.4, 0.5) is 4.79 Å². The highest BCUT2D eigenvalue weighted by Gasteiger charge is 2.51. The molecule has 0 aromatic rings. The third-order valence-corrected chi connectivity index (χ3v) is 4.60. The maximum atomic E-state index is 11.9. The van der Waals surface area contributed by atoms with Gasteiger partial charge in [-0.15, -0.1) is 0 Å². The first-order valence-electron chi connectivity index (χ1n) is 6.10. The topological polar surface area (TPSA) is 66.4 Å². The molecule has 88 valence electrons. The van der Waals surface area contributed by atoms with Crippen LogP contribution in [0, 0.1) is 17.8 Å². The minimum absolute atomic E-state index is 0.123. The molecule has 4 nitrogen and oxygen atoms in total. The Morgan fingerprint density at radius 2 is 2.00 bits per heavy atom. The summed E-state index contributed by atoms with van der Waals surface area (Å²) in [6, 6.07) is 0. The maximum Gasteiger partial charge on any atom is 0.405 e. The molecule has 0 heterocycles. The zero-order valence-corrected chi connectivity index (χ0v) is 9.24. The van der Waals surface area contributed by atoms with Gasteiger partial charge in [0.25, 0.3) is 0 Å². The van der Waals surface area contributed by atoms with E-state index in [4.69, 9.17) is 5.11 Å². The summed E-state index contributed by atoms with van der Waals surface area (Å²) in [5.41, 5.74) is -0.283. The Morgan fingerprint density at radius 3 is 2.75 bits per heavy atom. The van der Waals surface area contributed by atoms with Crippen LogP contribution in [0.3, 0.4) is 0 Å². The molecule has 2 N–H and O–H groups in total. The highest BCUT2D eigenvalue weighted by atomic mass is 16.4. The molecule has 4 aliphatic carbocycles. The summed E-state index contributed by atoms with van der Waals surface area (Å²) in [7, 11) is 0. The maximum absolute atomic E-state index is 11.9. The Kier molecular flexibility index (Phi) is 2.03. The summed E-state index contributed by atoms with van der Waals surface area (Å²) in [6.45, 7) is 0. The van der Waals surface area contributed by atoms with Crippen molar-refractivity contribution in [2.45, 2.75) is 44.1 Å². The average Bonchev–Trinajstić information content (AvgIpc) is 2.27. The summed E-state index contributed by atoms with van der Waals surface area (Å²) < 4.78 is 0. The van der Waals surface area contributed by atoms with Crippen molar-refractivity contribution in [2.24, 2.45) is 17.8 Å². The fourth-order valence-electron chi connectivity index (χ4n) is 4.36. The summed E-state index contributed by atoms with van der Waals surface area (Å²) >= 11 is 0. The lowest BCUT2D eigenvalue weighted by Gasteiger charge is -2.47. The molecule has 4 heteroatoms. The Labute approximate surface area is 94.4 Å². The lowest BCUT2D eigenvalue weighted by molar-refractivity contribution is -0.123. The van der Waals surface area contributed by atoms with Crippen LogP contribution in [-0.4, -0.2) is 22.5 Å². The van der Waals surface area contributed by atoms with Crippen LogP contribution >= 0.6 is 0 Å². The van der Waals surface area contributed by atoms with E-state index < -0.39 is 6.09 Å². The van der Waals surface area contributed by atoms with Crippen LogP contribution < -0.4 is 5.32 Å². The van der Waals surface area contributed by atoms with E-state index in [9.17, 15) is 9.59 Å². The zero-order chi connectivity index (χ0) is 11.3. The Balaban J connectivity index is 1.92. The van der Waals surface area contributed by atoms with Crippen molar-refractivity contribution in [3.05, 3.63) is 0 Å². The summed E-state index contributed by atoms with van der Waals surface area (Å²) in [6.07, 6.45) is 4.44. The van der Waals surface area contributed by atoms with E-state index >= 15 is 0 Å². The van der Waals surface area contributed by atoms with E-state index in [-0.39, 0.29) is 11.5 Å². The molecule has 4 saturated carbocycles. The standard InChI is InChI=1S/C12H17NO3/c14-10-3-8-1-7-2-9(10)6-12(4-7,5-8)13-11(15)16/h7-9,13H,1-6H2,(H,15,16). The number of carbonyl (C=O) groups excluding carboxylic acids is 1. The lowest BCUT2D eigenvalue weighted by Crippen LogP contribution is -2.55. The molecule has 4 rings (SSSR count). The Hall–Kier alpha value is -1.06. The highest BCUT2D eigenvalue weighted by molar-refractivity contribution is 5.82. The highest BCUT2D eigenvalue weighted by Crippen LogP contribution is 2.52. The second-order valence-electron chi connectivity index (χ2n) is 5.89. The molecule has 0 spiro atoms. The largest absolute Gasteiger partial charge is 0.465 e. The molecule has 0 saturated heterocycles. The number of ketones is 1. The number of hydrogen-bond donors (Lipinski definition) is 2. The van der Waals surface area contributed by atoms with Gasteiger partial charge in [0.2, 0.25) is 0 Å². The Morgan fingerprint density at radius 1 is 1.25 bits per heavy atom. The van der Waals surface area contributed by atoms with Gasteiger partial charge in [0.1, 0.15) is 5.78 Å². The number of hydrogen-bond acceptors (Lipinski definition) is 2.